The van der Waals surface area contributed by atoms with E-state index in [9.17, 15) is 4.79 Å². The van der Waals surface area contributed by atoms with E-state index in [1.807, 2.05) is 44.3 Å². The van der Waals surface area contributed by atoms with Crippen LogP contribution in [0.15, 0.2) is 36.4 Å². The number of rotatable bonds is 5. The van der Waals surface area contributed by atoms with Gasteiger partial charge in [-0.15, -0.1) is 0 Å². The SMILES string of the molecule is CNC(C)(CC(=O)OC)c1ccc2cc(OC)ccc2c1. The first kappa shape index (κ1) is 15.3. The van der Waals surface area contributed by atoms with Crippen LogP contribution in [0.2, 0.25) is 0 Å². The molecule has 0 radical (unpaired) electrons. The van der Waals surface area contributed by atoms with Gasteiger partial charge in [-0.25, -0.2) is 0 Å². The van der Waals surface area contributed by atoms with Crippen LogP contribution in [0.5, 0.6) is 5.75 Å². The minimum absolute atomic E-state index is 0.235. The van der Waals surface area contributed by atoms with E-state index in [-0.39, 0.29) is 12.4 Å². The number of nitrogens with one attached hydrogen (secondary N) is 1. The molecule has 0 saturated heterocycles. The normalized spacial score (nSPS) is 13.7. The highest BCUT2D eigenvalue weighted by Crippen LogP contribution is 2.29. The maximum atomic E-state index is 11.6. The second kappa shape index (κ2) is 6.14. The Labute approximate surface area is 125 Å². The minimum atomic E-state index is -0.457. The smallest absolute Gasteiger partial charge is 0.307 e. The first-order valence-electron chi connectivity index (χ1n) is 6.86. The summed E-state index contributed by atoms with van der Waals surface area (Å²) in [5.41, 5.74) is 0.592. The fraction of sp³-hybridized carbons (Fsp3) is 0.353. The Morgan fingerprint density at radius 2 is 1.81 bits per heavy atom. The second-order valence-electron chi connectivity index (χ2n) is 5.26. The summed E-state index contributed by atoms with van der Waals surface area (Å²) in [6.07, 6.45) is 0.279. The molecule has 4 heteroatoms. The maximum Gasteiger partial charge on any atom is 0.307 e. The van der Waals surface area contributed by atoms with Gasteiger partial charge < -0.3 is 14.8 Å². The number of ether oxygens (including phenoxy) is 2. The lowest BCUT2D eigenvalue weighted by Gasteiger charge is -2.29. The van der Waals surface area contributed by atoms with Crippen LogP contribution >= 0.6 is 0 Å². The summed E-state index contributed by atoms with van der Waals surface area (Å²) in [6, 6.07) is 12.1. The third kappa shape index (κ3) is 3.16. The highest BCUT2D eigenvalue weighted by Gasteiger charge is 2.28. The van der Waals surface area contributed by atoms with Crippen molar-refractivity contribution in [2.45, 2.75) is 18.9 Å². The Hall–Kier alpha value is -2.07. The second-order valence-corrected chi connectivity index (χ2v) is 5.26. The summed E-state index contributed by atoms with van der Waals surface area (Å²) in [6.45, 7) is 1.99. The summed E-state index contributed by atoms with van der Waals surface area (Å²) in [7, 11) is 4.91. The van der Waals surface area contributed by atoms with Crippen LogP contribution < -0.4 is 10.1 Å². The van der Waals surface area contributed by atoms with Crippen molar-refractivity contribution in [3.63, 3.8) is 0 Å². The molecule has 2 aromatic carbocycles. The summed E-state index contributed by atoms with van der Waals surface area (Å²) >= 11 is 0. The van der Waals surface area contributed by atoms with Crippen molar-refractivity contribution in [3.8, 4) is 5.75 Å². The zero-order valence-electron chi connectivity index (χ0n) is 12.9. The number of hydrogen-bond donors (Lipinski definition) is 1. The molecule has 0 spiro atoms. The number of hydrogen-bond acceptors (Lipinski definition) is 4. The van der Waals surface area contributed by atoms with Crippen LogP contribution in [-0.4, -0.2) is 27.2 Å². The first-order chi connectivity index (χ1) is 10.0. The van der Waals surface area contributed by atoms with Gasteiger partial charge >= 0.3 is 5.97 Å². The molecule has 1 atom stereocenters. The average molecular weight is 287 g/mol. The van der Waals surface area contributed by atoms with Crippen molar-refractivity contribution in [1.29, 1.82) is 0 Å². The zero-order valence-corrected chi connectivity index (χ0v) is 12.9. The first-order valence-corrected chi connectivity index (χ1v) is 6.86. The molecule has 112 valence electrons. The molecular formula is C17H21NO3. The topological polar surface area (TPSA) is 47.6 Å². The molecule has 2 rings (SSSR count). The van der Waals surface area contributed by atoms with Gasteiger partial charge in [0.2, 0.25) is 0 Å². The molecule has 2 aromatic rings. The van der Waals surface area contributed by atoms with E-state index < -0.39 is 5.54 Å². The van der Waals surface area contributed by atoms with E-state index >= 15 is 0 Å². The molecule has 0 saturated carbocycles. The van der Waals surface area contributed by atoms with Gasteiger partial charge in [0.15, 0.2) is 0 Å². The predicted octanol–water partition coefficient (Wildman–Crippen LogP) is 2.85. The number of methoxy groups -OCH3 is 2. The summed E-state index contributed by atoms with van der Waals surface area (Å²) < 4.78 is 10.0. The van der Waals surface area contributed by atoms with Gasteiger partial charge in [-0.3, -0.25) is 4.79 Å². The Kier molecular flexibility index (Phi) is 4.48. The lowest BCUT2D eigenvalue weighted by atomic mass is 9.87. The largest absolute Gasteiger partial charge is 0.497 e. The van der Waals surface area contributed by atoms with Crippen LogP contribution in [0.1, 0.15) is 18.9 Å². The minimum Gasteiger partial charge on any atom is -0.497 e. The Morgan fingerprint density at radius 3 is 2.43 bits per heavy atom. The van der Waals surface area contributed by atoms with Crippen molar-refractivity contribution in [3.05, 3.63) is 42.0 Å². The van der Waals surface area contributed by atoms with Gasteiger partial charge in [0.25, 0.3) is 0 Å². The van der Waals surface area contributed by atoms with Crippen molar-refractivity contribution < 1.29 is 14.3 Å². The van der Waals surface area contributed by atoms with Crippen molar-refractivity contribution >= 4 is 16.7 Å². The molecule has 0 fully saturated rings. The number of fused-ring (bicyclic) bond motifs is 1. The quantitative estimate of drug-likeness (QED) is 0.859. The van der Waals surface area contributed by atoms with Crippen LogP contribution in [0.4, 0.5) is 0 Å². The summed E-state index contributed by atoms with van der Waals surface area (Å²) in [5.74, 6) is 0.600. The molecule has 21 heavy (non-hydrogen) atoms. The van der Waals surface area contributed by atoms with E-state index in [1.54, 1.807) is 7.11 Å². The maximum absolute atomic E-state index is 11.6. The van der Waals surface area contributed by atoms with Crippen molar-refractivity contribution in [2.24, 2.45) is 0 Å². The zero-order chi connectivity index (χ0) is 15.5. The molecule has 0 amide bonds. The fourth-order valence-electron chi connectivity index (χ4n) is 2.39. The Balaban J connectivity index is 2.42. The van der Waals surface area contributed by atoms with E-state index in [4.69, 9.17) is 9.47 Å². The van der Waals surface area contributed by atoms with Gasteiger partial charge in [0, 0.05) is 0 Å². The van der Waals surface area contributed by atoms with Gasteiger partial charge in [-0.05, 0) is 48.5 Å². The standard InChI is InChI=1S/C17H21NO3/c1-17(18-2,11-16(19)21-4)14-7-5-13-10-15(20-3)8-6-12(13)9-14/h5-10,18H,11H2,1-4H3. The third-order valence-electron chi connectivity index (χ3n) is 3.96. The molecule has 0 aliphatic rings. The van der Waals surface area contributed by atoms with E-state index in [1.165, 1.54) is 7.11 Å². The Bertz CT molecular complexity index is 654. The van der Waals surface area contributed by atoms with Gasteiger partial charge in [0.1, 0.15) is 5.75 Å². The molecule has 0 aliphatic heterocycles. The highest BCUT2D eigenvalue weighted by molar-refractivity contribution is 5.85. The number of carbonyl (C=O) groups is 1. The van der Waals surface area contributed by atoms with Crippen LogP contribution in [0.25, 0.3) is 10.8 Å². The average Bonchev–Trinajstić information content (AvgIpc) is 2.53. The number of esters is 1. The molecule has 0 heterocycles. The molecule has 1 unspecified atom stereocenters. The summed E-state index contributed by atoms with van der Waals surface area (Å²) in [4.78, 5) is 11.6. The van der Waals surface area contributed by atoms with Crippen molar-refractivity contribution in [2.75, 3.05) is 21.3 Å². The monoisotopic (exact) mass is 287 g/mol. The number of carbonyl (C=O) groups excluding carboxylic acids is 1. The van der Waals surface area contributed by atoms with Gasteiger partial charge in [-0.1, -0.05) is 18.2 Å². The molecule has 0 aromatic heterocycles. The molecular weight excluding hydrogens is 266 g/mol. The van der Waals surface area contributed by atoms with E-state index in [2.05, 4.69) is 11.4 Å². The number of benzene rings is 2. The third-order valence-corrected chi connectivity index (χ3v) is 3.96. The van der Waals surface area contributed by atoms with Crippen LogP contribution in [0.3, 0.4) is 0 Å². The van der Waals surface area contributed by atoms with Gasteiger partial charge in [0.05, 0.1) is 26.2 Å². The lowest BCUT2D eigenvalue weighted by molar-refractivity contribution is -0.142. The molecule has 4 nitrogen and oxygen atoms in total. The molecule has 0 aliphatic carbocycles. The lowest BCUT2D eigenvalue weighted by Crippen LogP contribution is -2.39. The highest BCUT2D eigenvalue weighted by atomic mass is 16.5. The van der Waals surface area contributed by atoms with Crippen LogP contribution in [-0.2, 0) is 15.1 Å². The summed E-state index contributed by atoms with van der Waals surface area (Å²) in [5, 5.41) is 5.44. The Morgan fingerprint density at radius 1 is 1.14 bits per heavy atom. The predicted molar refractivity (Wildman–Crippen MR) is 83.5 cm³/mol. The molecule has 0 bridgehead atoms. The van der Waals surface area contributed by atoms with Crippen LogP contribution in [0, 0.1) is 0 Å². The van der Waals surface area contributed by atoms with Crippen molar-refractivity contribution in [1.82, 2.24) is 5.32 Å². The molecule has 1 N–H and O–H groups in total. The fourth-order valence-corrected chi connectivity index (χ4v) is 2.39. The van der Waals surface area contributed by atoms with E-state index in [0.717, 1.165) is 22.1 Å². The van der Waals surface area contributed by atoms with Gasteiger partial charge in [-0.2, -0.15) is 0 Å². The van der Waals surface area contributed by atoms with E-state index in [0.29, 0.717) is 0 Å².